The first-order valence-corrected chi connectivity index (χ1v) is 8.44. The van der Waals surface area contributed by atoms with E-state index < -0.39 is 0 Å². The number of amides is 1. The molecule has 2 heterocycles. The summed E-state index contributed by atoms with van der Waals surface area (Å²) in [7, 11) is 0. The highest BCUT2D eigenvalue weighted by Crippen LogP contribution is 2.26. The summed E-state index contributed by atoms with van der Waals surface area (Å²) < 4.78 is 7.30. The van der Waals surface area contributed by atoms with Crippen LogP contribution in [0.4, 0.5) is 5.69 Å². The van der Waals surface area contributed by atoms with Crippen LogP contribution in [0, 0.1) is 6.92 Å². The van der Waals surface area contributed by atoms with Crippen LogP contribution in [-0.4, -0.2) is 15.3 Å². The number of nitrogens with one attached hydrogen (secondary N) is 1. The highest BCUT2D eigenvalue weighted by atomic mass is 32.1. The number of anilines is 1. The van der Waals surface area contributed by atoms with E-state index in [1.165, 1.54) is 21.8 Å². The minimum absolute atomic E-state index is 0.0833. The van der Waals surface area contributed by atoms with Crippen molar-refractivity contribution in [2.24, 2.45) is 0 Å². The number of nitrogens with zero attached hydrogens (tertiary/aromatic N) is 2. The molecule has 0 aliphatic rings. The maximum absolute atomic E-state index is 12.0. The van der Waals surface area contributed by atoms with Crippen LogP contribution >= 0.6 is 11.3 Å². The third-order valence-electron chi connectivity index (χ3n) is 3.46. The molecule has 7 heteroatoms. The molecule has 3 rings (SSSR count). The van der Waals surface area contributed by atoms with Crippen molar-refractivity contribution in [3.8, 4) is 5.75 Å². The van der Waals surface area contributed by atoms with Gasteiger partial charge < -0.3 is 10.1 Å². The standard InChI is InChI=1S/C17H17N3O3S/c1-3-15(21)19-13-5-4-11(2)8-14(13)23-10-12-9-16(22)20-6-7-24-17(20)18-12/h4-9H,3,10H2,1-2H3,(H,19,21). The zero-order valence-corrected chi connectivity index (χ0v) is 14.2. The fourth-order valence-corrected chi connectivity index (χ4v) is 2.94. The summed E-state index contributed by atoms with van der Waals surface area (Å²) in [6, 6.07) is 7.02. The van der Waals surface area contributed by atoms with Crippen molar-refractivity contribution in [1.29, 1.82) is 0 Å². The van der Waals surface area contributed by atoms with Gasteiger partial charge in [-0.25, -0.2) is 4.98 Å². The van der Waals surface area contributed by atoms with Crippen LogP contribution < -0.4 is 15.6 Å². The summed E-state index contributed by atoms with van der Waals surface area (Å²) >= 11 is 1.39. The molecule has 0 saturated carbocycles. The first-order chi connectivity index (χ1) is 11.6. The Balaban J connectivity index is 1.83. The summed E-state index contributed by atoms with van der Waals surface area (Å²) in [5, 5.41) is 4.63. The van der Waals surface area contributed by atoms with E-state index in [1.54, 1.807) is 13.1 Å². The molecule has 0 atom stereocenters. The SMILES string of the molecule is CCC(=O)Nc1ccc(C)cc1OCc1cc(=O)n2ccsc2n1. The number of carbonyl (C=O) groups excluding carboxylic acids is 1. The third kappa shape index (κ3) is 3.46. The zero-order valence-electron chi connectivity index (χ0n) is 13.4. The van der Waals surface area contributed by atoms with E-state index in [4.69, 9.17) is 4.74 Å². The molecule has 0 bridgehead atoms. The van der Waals surface area contributed by atoms with Gasteiger partial charge in [0.15, 0.2) is 4.96 Å². The molecule has 6 nitrogen and oxygen atoms in total. The van der Waals surface area contributed by atoms with Crippen LogP contribution in [0.25, 0.3) is 4.96 Å². The van der Waals surface area contributed by atoms with Gasteiger partial charge >= 0.3 is 0 Å². The van der Waals surface area contributed by atoms with Gasteiger partial charge in [-0.1, -0.05) is 13.0 Å². The minimum Gasteiger partial charge on any atom is -0.485 e. The molecule has 1 amide bonds. The number of aryl methyl sites for hydroxylation is 1. The number of thiazole rings is 1. The van der Waals surface area contributed by atoms with Gasteiger partial charge in [-0.05, 0) is 24.6 Å². The largest absolute Gasteiger partial charge is 0.485 e. The van der Waals surface area contributed by atoms with Crippen molar-refractivity contribution in [3.63, 3.8) is 0 Å². The van der Waals surface area contributed by atoms with Crippen LogP contribution in [0.5, 0.6) is 5.75 Å². The molecule has 3 aromatic rings. The van der Waals surface area contributed by atoms with Crippen molar-refractivity contribution >= 4 is 27.9 Å². The number of aromatic nitrogens is 2. The van der Waals surface area contributed by atoms with E-state index in [0.717, 1.165) is 5.56 Å². The fourth-order valence-electron chi connectivity index (χ4n) is 2.20. The molecular formula is C17H17N3O3S. The summed E-state index contributed by atoms with van der Waals surface area (Å²) in [5.41, 5.74) is 2.04. The topological polar surface area (TPSA) is 72.7 Å². The maximum Gasteiger partial charge on any atom is 0.258 e. The number of carbonyl (C=O) groups is 1. The predicted octanol–water partition coefficient (Wildman–Crippen LogP) is 2.99. The van der Waals surface area contributed by atoms with E-state index in [-0.39, 0.29) is 18.1 Å². The van der Waals surface area contributed by atoms with Crippen LogP contribution in [0.3, 0.4) is 0 Å². The molecule has 0 radical (unpaired) electrons. The van der Waals surface area contributed by atoms with E-state index in [0.29, 0.717) is 28.5 Å². The molecule has 2 aromatic heterocycles. The number of rotatable bonds is 5. The van der Waals surface area contributed by atoms with Gasteiger partial charge in [-0.3, -0.25) is 14.0 Å². The number of fused-ring (bicyclic) bond motifs is 1. The monoisotopic (exact) mass is 343 g/mol. The highest BCUT2D eigenvalue weighted by molar-refractivity contribution is 7.15. The minimum atomic E-state index is -0.136. The molecule has 124 valence electrons. The van der Waals surface area contributed by atoms with Crippen molar-refractivity contribution in [2.75, 3.05) is 5.32 Å². The number of benzene rings is 1. The molecular weight excluding hydrogens is 326 g/mol. The Morgan fingerprint density at radius 1 is 1.38 bits per heavy atom. The molecule has 0 spiro atoms. The Kier molecular flexibility index (Phi) is 4.61. The van der Waals surface area contributed by atoms with Crippen LogP contribution in [0.15, 0.2) is 40.6 Å². The van der Waals surface area contributed by atoms with E-state index >= 15 is 0 Å². The summed E-state index contributed by atoms with van der Waals surface area (Å²) in [5.74, 6) is 0.477. The second kappa shape index (κ2) is 6.84. The lowest BCUT2D eigenvalue weighted by Crippen LogP contribution is -2.15. The Labute approximate surface area is 142 Å². The summed E-state index contributed by atoms with van der Waals surface area (Å²) in [6.07, 6.45) is 2.08. The van der Waals surface area contributed by atoms with E-state index in [1.807, 2.05) is 30.5 Å². The molecule has 1 aromatic carbocycles. The van der Waals surface area contributed by atoms with Gasteiger partial charge in [0.05, 0.1) is 11.4 Å². The lowest BCUT2D eigenvalue weighted by Gasteiger charge is -2.13. The van der Waals surface area contributed by atoms with Crippen molar-refractivity contribution in [3.05, 3.63) is 57.5 Å². The first-order valence-electron chi connectivity index (χ1n) is 7.56. The van der Waals surface area contributed by atoms with Crippen molar-refractivity contribution < 1.29 is 9.53 Å². The van der Waals surface area contributed by atoms with E-state index in [9.17, 15) is 9.59 Å². The zero-order chi connectivity index (χ0) is 17.1. The predicted molar refractivity (Wildman–Crippen MR) is 93.8 cm³/mol. The summed E-state index contributed by atoms with van der Waals surface area (Å²) in [6.45, 7) is 3.89. The normalized spacial score (nSPS) is 10.8. The highest BCUT2D eigenvalue weighted by Gasteiger charge is 2.09. The van der Waals surface area contributed by atoms with Crippen molar-refractivity contribution in [2.45, 2.75) is 26.9 Å². The van der Waals surface area contributed by atoms with Crippen molar-refractivity contribution in [1.82, 2.24) is 9.38 Å². The van der Waals surface area contributed by atoms with E-state index in [2.05, 4.69) is 10.3 Å². The average molecular weight is 343 g/mol. The Morgan fingerprint density at radius 3 is 3.00 bits per heavy atom. The molecule has 0 aliphatic carbocycles. The Morgan fingerprint density at radius 2 is 2.21 bits per heavy atom. The molecule has 1 N–H and O–H groups in total. The quantitative estimate of drug-likeness (QED) is 0.773. The van der Waals surface area contributed by atoms with Crippen LogP contribution in [0.2, 0.25) is 0 Å². The number of hydrogen-bond acceptors (Lipinski definition) is 5. The second-order valence-electron chi connectivity index (χ2n) is 5.33. The summed E-state index contributed by atoms with van der Waals surface area (Å²) in [4.78, 5) is 28.7. The molecule has 0 aliphatic heterocycles. The maximum atomic E-state index is 12.0. The fraction of sp³-hybridized carbons (Fsp3) is 0.235. The molecule has 0 saturated heterocycles. The first kappa shape index (κ1) is 16.2. The van der Waals surface area contributed by atoms with Gasteiger partial charge in [-0.15, -0.1) is 11.3 Å². The van der Waals surface area contributed by atoms with Gasteiger partial charge in [0, 0.05) is 24.1 Å². The lowest BCUT2D eigenvalue weighted by atomic mass is 10.2. The van der Waals surface area contributed by atoms with Crippen LogP contribution in [0.1, 0.15) is 24.6 Å². The number of ether oxygens (including phenoxy) is 1. The Hall–Kier alpha value is -2.67. The van der Waals surface area contributed by atoms with Gasteiger partial charge in [0.1, 0.15) is 12.4 Å². The Bertz CT molecular complexity index is 946. The van der Waals surface area contributed by atoms with Gasteiger partial charge in [0.2, 0.25) is 5.91 Å². The number of hydrogen-bond donors (Lipinski definition) is 1. The molecule has 24 heavy (non-hydrogen) atoms. The van der Waals surface area contributed by atoms with Gasteiger partial charge in [-0.2, -0.15) is 0 Å². The lowest BCUT2D eigenvalue weighted by molar-refractivity contribution is -0.115. The molecule has 0 unspecified atom stereocenters. The average Bonchev–Trinajstić information content (AvgIpc) is 3.04. The third-order valence-corrected chi connectivity index (χ3v) is 4.22. The molecule has 0 fully saturated rings. The van der Waals surface area contributed by atoms with Gasteiger partial charge in [0.25, 0.3) is 5.56 Å². The van der Waals surface area contributed by atoms with Crippen LogP contribution in [-0.2, 0) is 11.4 Å². The smallest absolute Gasteiger partial charge is 0.258 e. The second-order valence-corrected chi connectivity index (χ2v) is 6.20.